The predicted molar refractivity (Wildman–Crippen MR) is 200 cm³/mol. The fourth-order valence-electron chi connectivity index (χ4n) is 8.16. The first-order valence-electron chi connectivity index (χ1n) is 16.8. The van der Waals surface area contributed by atoms with Crippen molar-refractivity contribution in [1.82, 2.24) is 0 Å². The van der Waals surface area contributed by atoms with Gasteiger partial charge in [0, 0.05) is 21.9 Å². The van der Waals surface area contributed by atoms with E-state index < -0.39 is 5.41 Å². The summed E-state index contributed by atoms with van der Waals surface area (Å²) in [7, 11) is 0. The summed E-state index contributed by atoms with van der Waals surface area (Å²) in [5, 5.41) is 4.67. The molecule has 230 valence electrons. The van der Waals surface area contributed by atoms with Crippen LogP contribution in [0.4, 0.5) is 0 Å². The van der Waals surface area contributed by atoms with E-state index in [9.17, 15) is 0 Å². The third-order valence-electron chi connectivity index (χ3n) is 10.2. The Morgan fingerprint density at radius 2 is 0.959 bits per heavy atom. The number of hydrogen-bond donors (Lipinski definition) is 0. The van der Waals surface area contributed by atoms with Gasteiger partial charge >= 0.3 is 0 Å². The van der Waals surface area contributed by atoms with E-state index in [-0.39, 0.29) is 0 Å². The molecule has 0 atom stereocenters. The summed E-state index contributed by atoms with van der Waals surface area (Å²) in [5.74, 6) is 1.74. The second-order valence-electron chi connectivity index (χ2n) is 12.8. The number of ether oxygens (including phenoxy) is 1. The lowest BCUT2D eigenvalue weighted by Gasteiger charge is -2.41. The van der Waals surface area contributed by atoms with Gasteiger partial charge in [-0.25, -0.2) is 0 Å². The third-order valence-corrected chi connectivity index (χ3v) is 10.2. The van der Waals surface area contributed by atoms with Crippen LogP contribution in [-0.2, 0) is 5.41 Å². The number of hydrogen-bond acceptors (Lipinski definition) is 2. The molecule has 0 saturated heterocycles. The van der Waals surface area contributed by atoms with Gasteiger partial charge in [-0.3, -0.25) is 0 Å². The molecule has 0 amide bonds. The van der Waals surface area contributed by atoms with Crippen molar-refractivity contribution in [2.75, 3.05) is 0 Å². The fraction of sp³-hybridized carbons (Fsp3) is 0.0213. The standard InChI is InChI=1S/C47H30O2/c1-3-14-32(15-4-1)47(33-16-5-2-6-17-33)40-22-10-12-24-43(40)49-45-30-31(26-29-41(45)47)34-27-28-37(36-19-8-7-18-35(34)36)38-21-13-25-44-46(38)39-20-9-11-23-42(39)48-44/h1-30H. The van der Waals surface area contributed by atoms with E-state index in [0.29, 0.717) is 0 Å². The molecule has 49 heavy (non-hydrogen) atoms. The average molecular weight is 627 g/mol. The van der Waals surface area contributed by atoms with Crippen molar-refractivity contribution in [2.45, 2.75) is 5.41 Å². The first-order chi connectivity index (χ1) is 24.3. The van der Waals surface area contributed by atoms with Crippen molar-refractivity contribution < 1.29 is 9.15 Å². The van der Waals surface area contributed by atoms with Gasteiger partial charge < -0.3 is 9.15 Å². The molecule has 1 aliphatic heterocycles. The molecule has 0 saturated carbocycles. The Labute approximate surface area is 284 Å². The van der Waals surface area contributed by atoms with Crippen molar-refractivity contribution in [3.05, 3.63) is 204 Å². The number of fused-ring (bicyclic) bond motifs is 6. The van der Waals surface area contributed by atoms with Gasteiger partial charge in [0.2, 0.25) is 0 Å². The first-order valence-corrected chi connectivity index (χ1v) is 16.8. The van der Waals surface area contributed by atoms with Gasteiger partial charge in [-0.2, -0.15) is 0 Å². The van der Waals surface area contributed by atoms with Gasteiger partial charge in [0.05, 0.1) is 5.41 Å². The molecule has 0 radical (unpaired) electrons. The smallest absolute Gasteiger partial charge is 0.136 e. The maximum atomic E-state index is 6.81. The molecular formula is C47H30O2. The number of rotatable bonds is 4. The molecule has 0 unspecified atom stereocenters. The Kier molecular flexibility index (Phi) is 6.13. The molecule has 2 nitrogen and oxygen atoms in total. The Hall–Kier alpha value is -6.38. The lowest BCUT2D eigenvalue weighted by atomic mass is 9.63. The van der Waals surface area contributed by atoms with Crippen LogP contribution in [0.1, 0.15) is 22.3 Å². The summed E-state index contributed by atoms with van der Waals surface area (Å²) < 4.78 is 13.1. The highest BCUT2D eigenvalue weighted by Gasteiger charge is 2.45. The van der Waals surface area contributed by atoms with Crippen molar-refractivity contribution in [2.24, 2.45) is 0 Å². The second-order valence-corrected chi connectivity index (χ2v) is 12.8. The van der Waals surface area contributed by atoms with Crippen LogP contribution in [0.2, 0.25) is 0 Å². The lowest BCUT2D eigenvalue weighted by Crippen LogP contribution is -2.34. The minimum Gasteiger partial charge on any atom is -0.457 e. The molecular weight excluding hydrogens is 597 g/mol. The van der Waals surface area contributed by atoms with Crippen LogP contribution >= 0.6 is 0 Å². The molecule has 1 aliphatic rings. The summed E-state index contributed by atoms with van der Waals surface area (Å²) in [6.45, 7) is 0. The zero-order chi connectivity index (χ0) is 32.4. The molecule has 0 bridgehead atoms. The maximum Gasteiger partial charge on any atom is 0.136 e. The molecule has 0 aliphatic carbocycles. The van der Waals surface area contributed by atoms with Crippen LogP contribution < -0.4 is 4.74 Å². The number of para-hydroxylation sites is 2. The maximum absolute atomic E-state index is 6.81. The number of benzene rings is 8. The predicted octanol–water partition coefficient (Wildman–Crippen LogP) is 12.6. The van der Waals surface area contributed by atoms with Crippen LogP contribution in [-0.4, -0.2) is 0 Å². The van der Waals surface area contributed by atoms with E-state index in [4.69, 9.17) is 9.15 Å². The minimum atomic E-state index is -0.538. The second kappa shape index (κ2) is 10.8. The fourth-order valence-corrected chi connectivity index (χ4v) is 8.16. The van der Waals surface area contributed by atoms with Crippen LogP contribution in [0.5, 0.6) is 11.5 Å². The first kappa shape index (κ1) is 27.7. The highest BCUT2D eigenvalue weighted by molar-refractivity contribution is 6.16. The SMILES string of the molecule is c1ccc(C2(c3ccccc3)c3ccccc3Oc3cc(-c4ccc(-c5cccc6oc7ccccc7c56)c5ccccc45)ccc32)cc1. The van der Waals surface area contributed by atoms with Crippen LogP contribution in [0.3, 0.4) is 0 Å². The molecule has 10 rings (SSSR count). The highest BCUT2D eigenvalue weighted by atomic mass is 16.5. The summed E-state index contributed by atoms with van der Waals surface area (Å²) in [5.41, 5.74) is 10.6. The molecule has 0 N–H and O–H groups in total. The Bertz CT molecular complexity index is 2650. The van der Waals surface area contributed by atoms with Gasteiger partial charge in [-0.1, -0.05) is 158 Å². The quantitative estimate of drug-likeness (QED) is 0.194. The van der Waals surface area contributed by atoms with Crippen molar-refractivity contribution in [3.63, 3.8) is 0 Å². The normalized spacial score (nSPS) is 13.2. The molecule has 1 aromatic heterocycles. The number of furan rings is 1. The zero-order valence-corrected chi connectivity index (χ0v) is 26.6. The molecule has 2 heterocycles. The Morgan fingerprint density at radius 3 is 1.73 bits per heavy atom. The van der Waals surface area contributed by atoms with E-state index >= 15 is 0 Å². The Morgan fingerprint density at radius 1 is 0.367 bits per heavy atom. The van der Waals surface area contributed by atoms with E-state index in [1.807, 2.05) is 12.1 Å². The molecule has 9 aromatic rings. The molecule has 0 fully saturated rings. The summed E-state index contributed by atoms with van der Waals surface area (Å²) in [4.78, 5) is 0. The molecule has 8 aromatic carbocycles. The van der Waals surface area contributed by atoms with Gasteiger partial charge in [-0.05, 0) is 68.4 Å². The van der Waals surface area contributed by atoms with Gasteiger partial charge in [-0.15, -0.1) is 0 Å². The average Bonchev–Trinajstić information content (AvgIpc) is 3.56. The van der Waals surface area contributed by atoms with Gasteiger partial charge in [0.1, 0.15) is 22.7 Å². The topological polar surface area (TPSA) is 22.4 Å². The van der Waals surface area contributed by atoms with E-state index in [1.165, 1.54) is 38.6 Å². The summed E-state index contributed by atoms with van der Waals surface area (Å²) >= 11 is 0. The van der Waals surface area contributed by atoms with Crippen molar-refractivity contribution in [1.29, 1.82) is 0 Å². The van der Waals surface area contributed by atoms with Gasteiger partial charge in [0.15, 0.2) is 0 Å². The van der Waals surface area contributed by atoms with E-state index in [0.717, 1.165) is 50.1 Å². The largest absolute Gasteiger partial charge is 0.457 e. The Balaban J connectivity index is 1.19. The van der Waals surface area contributed by atoms with Crippen LogP contribution in [0, 0.1) is 0 Å². The van der Waals surface area contributed by atoms with E-state index in [1.54, 1.807) is 0 Å². The van der Waals surface area contributed by atoms with Crippen molar-refractivity contribution >= 4 is 32.7 Å². The van der Waals surface area contributed by atoms with Gasteiger partial charge in [0.25, 0.3) is 0 Å². The monoisotopic (exact) mass is 626 g/mol. The zero-order valence-electron chi connectivity index (χ0n) is 26.6. The minimum absolute atomic E-state index is 0.538. The summed E-state index contributed by atoms with van der Waals surface area (Å²) in [6, 6.07) is 64.8. The van der Waals surface area contributed by atoms with Crippen molar-refractivity contribution in [3.8, 4) is 33.8 Å². The highest BCUT2D eigenvalue weighted by Crippen LogP contribution is 2.56. The third kappa shape index (κ3) is 4.07. The molecule has 2 heteroatoms. The summed E-state index contributed by atoms with van der Waals surface area (Å²) in [6.07, 6.45) is 0. The van der Waals surface area contributed by atoms with Crippen LogP contribution in [0.15, 0.2) is 186 Å². The van der Waals surface area contributed by atoms with E-state index in [2.05, 4.69) is 170 Å². The lowest BCUT2D eigenvalue weighted by molar-refractivity contribution is 0.435. The molecule has 0 spiro atoms. The van der Waals surface area contributed by atoms with Crippen LogP contribution in [0.25, 0.3) is 55.0 Å².